The molecule has 2 N–H and O–H groups in total. The number of benzene rings is 1. The highest BCUT2D eigenvalue weighted by Crippen LogP contribution is 2.40. The van der Waals surface area contributed by atoms with Crippen LogP contribution in [0, 0.1) is 0 Å². The third-order valence-electron chi connectivity index (χ3n) is 4.65. The van der Waals surface area contributed by atoms with Gasteiger partial charge in [0.05, 0.1) is 13.7 Å². The lowest BCUT2D eigenvalue weighted by molar-refractivity contribution is 0.00637. The molecule has 0 spiro atoms. The number of ether oxygens (including phenoxy) is 3. The van der Waals surface area contributed by atoms with E-state index in [-0.39, 0.29) is 11.6 Å². The molecule has 1 heterocycles. The number of rotatable bonds is 4. The smallest absolute Gasteiger partial charge is 0.162 e. The Morgan fingerprint density at radius 3 is 2.67 bits per heavy atom. The van der Waals surface area contributed by atoms with Gasteiger partial charge in [0, 0.05) is 12.1 Å². The fraction of sp³-hybridized carbons (Fsp3) is 0.647. The van der Waals surface area contributed by atoms with Crippen molar-refractivity contribution in [1.82, 2.24) is 0 Å². The molecule has 2 aliphatic rings. The van der Waals surface area contributed by atoms with E-state index < -0.39 is 0 Å². The van der Waals surface area contributed by atoms with Crippen molar-refractivity contribution in [2.24, 2.45) is 5.73 Å². The van der Waals surface area contributed by atoms with Crippen molar-refractivity contribution in [3.8, 4) is 11.5 Å². The maximum absolute atomic E-state index is 6.55. The third kappa shape index (κ3) is 3.16. The van der Waals surface area contributed by atoms with Crippen LogP contribution in [0.15, 0.2) is 18.2 Å². The summed E-state index contributed by atoms with van der Waals surface area (Å²) < 4.78 is 17.0. The SMILES string of the molecule is COc1ccc(C2(N)CCCC2)cc1OC1CCCOC1. The molecule has 1 aliphatic heterocycles. The molecule has 0 amide bonds. The monoisotopic (exact) mass is 291 g/mol. The average molecular weight is 291 g/mol. The largest absolute Gasteiger partial charge is 0.493 e. The molecular formula is C17H25NO3. The maximum Gasteiger partial charge on any atom is 0.162 e. The van der Waals surface area contributed by atoms with Crippen LogP contribution in [0.5, 0.6) is 11.5 Å². The quantitative estimate of drug-likeness (QED) is 0.926. The zero-order valence-electron chi connectivity index (χ0n) is 12.8. The average Bonchev–Trinajstić information content (AvgIpc) is 2.96. The summed E-state index contributed by atoms with van der Waals surface area (Å²) in [4.78, 5) is 0. The summed E-state index contributed by atoms with van der Waals surface area (Å²) in [5, 5.41) is 0. The van der Waals surface area contributed by atoms with E-state index in [0.717, 1.165) is 49.4 Å². The Bertz CT molecular complexity index is 477. The first-order valence-corrected chi connectivity index (χ1v) is 7.93. The first kappa shape index (κ1) is 14.7. The van der Waals surface area contributed by atoms with Gasteiger partial charge < -0.3 is 19.9 Å². The van der Waals surface area contributed by atoms with Gasteiger partial charge in [0.1, 0.15) is 6.10 Å². The molecule has 1 aliphatic carbocycles. The fourth-order valence-corrected chi connectivity index (χ4v) is 3.36. The van der Waals surface area contributed by atoms with Gasteiger partial charge in [-0.3, -0.25) is 0 Å². The van der Waals surface area contributed by atoms with Crippen molar-refractivity contribution in [2.75, 3.05) is 20.3 Å². The summed E-state index contributed by atoms with van der Waals surface area (Å²) in [5.41, 5.74) is 7.51. The normalized spacial score (nSPS) is 24.8. The predicted molar refractivity (Wildman–Crippen MR) is 81.8 cm³/mol. The van der Waals surface area contributed by atoms with E-state index in [1.807, 2.05) is 6.07 Å². The summed E-state index contributed by atoms with van der Waals surface area (Å²) in [6, 6.07) is 6.12. The van der Waals surface area contributed by atoms with Gasteiger partial charge in [-0.05, 0) is 43.4 Å². The van der Waals surface area contributed by atoms with Gasteiger partial charge in [-0.1, -0.05) is 18.9 Å². The van der Waals surface area contributed by atoms with Crippen LogP contribution in [0.1, 0.15) is 44.1 Å². The molecule has 0 aromatic heterocycles. The molecule has 116 valence electrons. The minimum absolute atomic E-state index is 0.111. The van der Waals surface area contributed by atoms with Crippen LogP contribution in [0.4, 0.5) is 0 Å². The van der Waals surface area contributed by atoms with E-state index in [0.29, 0.717) is 6.61 Å². The lowest BCUT2D eigenvalue weighted by Gasteiger charge is -2.27. The van der Waals surface area contributed by atoms with Gasteiger partial charge in [0.2, 0.25) is 0 Å². The van der Waals surface area contributed by atoms with E-state index >= 15 is 0 Å². The van der Waals surface area contributed by atoms with Crippen LogP contribution in [0.25, 0.3) is 0 Å². The standard InChI is InChI=1S/C17H25NO3/c1-19-15-7-6-13(17(18)8-2-3-9-17)11-16(15)21-14-5-4-10-20-12-14/h6-7,11,14H,2-5,8-10,12,18H2,1H3. The summed E-state index contributed by atoms with van der Waals surface area (Å²) in [6.07, 6.45) is 6.69. The molecule has 0 bridgehead atoms. The first-order chi connectivity index (χ1) is 10.2. The van der Waals surface area contributed by atoms with E-state index in [1.54, 1.807) is 7.11 Å². The second-order valence-electron chi connectivity index (χ2n) is 6.19. The molecule has 1 saturated heterocycles. The number of methoxy groups -OCH3 is 1. The Morgan fingerprint density at radius 1 is 1.19 bits per heavy atom. The Kier molecular flexibility index (Phi) is 4.36. The fourth-order valence-electron chi connectivity index (χ4n) is 3.36. The van der Waals surface area contributed by atoms with Crippen LogP contribution < -0.4 is 15.2 Å². The molecule has 2 fully saturated rings. The zero-order chi connectivity index (χ0) is 14.7. The summed E-state index contributed by atoms with van der Waals surface area (Å²) in [7, 11) is 1.67. The number of nitrogens with two attached hydrogens (primary N) is 1. The maximum atomic E-state index is 6.55. The number of hydrogen-bond acceptors (Lipinski definition) is 4. The minimum Gasteiger partial charge on any atom is -0.493 e. The Morgan fingerprint density at radius 2 is 2.00 bits per heavy atom. The lowest BCUT2D eigenvalue weighted by Crippen LogP contribution is -2.33. The molecule has 0 radical (unpaired) electrons. The van der Waals surface area contributed by atoms with Crippen LogP contribution in [-0.4, -0.2) is 26.4 Å². The zero-order valence-corrected chi connectivity index (χ0v) is 12.8. The first-order valence-electron chi connectivity index (χ1n) is 7.93. The molecular weight excluding hydrogens is 266 g/mol. The van der Waals surface area contributed by atoms with Gasteiger partial charge in [-0.2, -0.15) is 0 Å². The second kappa shape index (κ2) is 6.24. The van der Waals surface area contributed by atoms with Crippen molar-refractivity contribution >= 4 is 0 Å². The van der Waals surface area contributed by atoms with E-state index in [4.69, 9.17) is 19.9 Å². The highest BCUT2D eigenvalue weighted by atomic mass is 16.5. The van der Waals surface area contributed by atoms with Gasteiger partial charge >= 0.3 is 0 Å². The van der Waals surface area contributed by atoms with Crippen molar-refractivity contribution in [3.63, 3.8) is 0 Å². The summed E-state index contributed by atoms with van der Waals surface area (Å²) in [5.74, 6) is 1.56. The third-order valence-corrected chi connectivity index (χ3v) is 4.65. The van der Waals surface area contributed by atoms with Crippen molar-refractivity contribution < 1.29 is 14.2 Å². The van der Waals surface area contributed by atoms with Crippen LogP contribution in [0.2, 0.25) is 0 Å². The molecule has 1 aromatic carbocycles. The number of hydrogen-bond donors (Lipinski definition) is 1. The molecule has 1 unspecified atom stereocenters. The summed E-state index contributed by atoms with van der Waals surface area (Å²) in [6.45, 7) is 1.49. The van der Waals surface area contributed by atoms with E-state index in [9.17, 15) is 0 Å². The molecule has 4 nitrogen and oxygen atoms in total. The minimum atomic E-state index is -0.201. The Labute approximate surface area is 126 Å². The van der Waals surface area contributed by atoms with Crippen molar-refractivity contribution in [1.29, 1.82) is 0 Å². The Balaban J connectivity index is 1.82. The van der Waals surface area contributed by atoms with Crippen LogP contribution in [0.3, 0.4) is 0 Å². The van der Waals surface area contributed by atoms with Crippen LogP contribution in [-0.2, 0) is 10.3 Å². The molecule has 4 heteroatoms. The van der Waals surface area contributed by atoms with Gasteiger partial charge in [-0.15, -0.1) is 0 Å². The van der Waals surface area contributed by atoms with E-state index in [1.165, 1.54) is 12.8 Å². The van der Waals surface area contributed by atoms with Gasteiger partial charge in [0.15, 0.2) is 11.5 Å². The molecule has 1 atom stereocenters. The molecule has 1 saturated carbocycles. The molecule has 21 heavy (non-hydrogen) atoms. The van der Waals surface area contributed by atoms with Gasteiger partial charge in [0.25, 0.3) is 0 Å². The van der Waals surface area contributed by atoms with E-state index in [2.05, 4.69) is 12.1 Å². The highest BCUT2D eigenvalue weighted by Gasteiger charge is 2.32. The summed E-state index contributed by atoms with van der Waals surface area (Å²) >= 11 is 0. The van der Waals surface area contributed by atoms with Crippen LogP contribution >= 0.6 is 0 Å². The van der Waals surface area contributed by atoms with Crippen molar-refractivity contribution in [2.45, 2.75) is 50.2 Å². The topological polar surface area (TPSA) is 53.7 Å². The second-order valence-corrected chi connectivity index (χ2v) is 6.19. The van der Waals surface area contributed by atoms with Gasteiger partial charge in [-0.25, -0.2) is 0 Å². The van der Waals surface area contributed by atoms with Crippen molar-refractivity contribution in [3.05, 3.63) is 23.8 Å². The lowest BCUT2D eigenvalue weighted by atomic mass is 9.89. The molecule has 3 rings (SSSR count). The highest BCUT2D eigenvalue weighted by molar-refractivity contribution is 5.45. The predicted octanol–water partition coefficient (Wildman–Crippen LogP) is 2.98. The Hall–Kier alpha value is -1.26. The molecule has 1 aromatic rings.